The number of alkyl halides is 3. The number of halogens is 5. The summed E-state index contributed by atoms with van der Waals surface area (Å²) in [6.45, 7) is -0.0473. The number of carbonyl (C=O) groups is 2. The molecule has 0 spiro atoms. The number of aliphatic hydroxyl groups excluding tert-OH is 1. The summed E-state index contributed by atoms with van der Waals surface area (Å²) in [7, 11) is 0. The van der Waals surface area contributed by atoms with E-state index in [1.165, 1.54) is 12.3 Å². The highest BCUT2D eigenvalue weighted by Gasteiger charge is 2.33. The summed E-state index contributed by atoms with van der Waals surface area (Å²) in [4.78, 5) is 36.7. The fraction of sp³-hybridized carbons (Fsp3) is 0.211. The van der Waals surface area contributed by atoms with E-state index in [0.717, 1.165) is 29.8 Å². The first kappa shape index (κ1) is 25.6. The molecule has 0 unspecified atom stereocenters. The Labute approximate surface area is 204 Å². The molecule has 0 aliphatic carbocycles. The van der Waals surface area contributed by atoms with Crippen molar-refractivity contribution in [2.45, 2.75) is 12.7 Å². The van der Waals surface area contributed by atoms with Gasteiger partial charge in [0.05, 0.1) is 29.9 Å². The zero-order valence-corrected chi connectivity index (χ0v) is 19.2. The lowest BCUT2D eigenvalue weighted by Crippen LogP contribution is -2.24. The second-order valence-corrected chi connectivity index (χ2v) is 8.38. The summed E-state index contributed by atoms with van der Waals surface area (Å²) in [6.07, 6.45) is -2.31. The number of nitrogens with zero attached hydrogens (tertiary/aromatic N) is 3. The Bertz CT molecular complexity index is 1210. The van der Waals surface area contributed by atoms with Crippen LogP contribution in [0.1, 0.15) is 30.7 Å². The molecule has 0 radical (unpaired) electrons. The molecule has 0 aliphatic rings. The minimum absolute atomic E-state index is 0.0335. The van der Waals surface area contributed by atoms with Crippen molar-refractivity contribution < 1.29 is 27.9 Å². The molecular formula is C19H15Cl2F3N6O3S. The van der Waals surface area contributed by atoms with Crippen molar-refractivity contribution in [2.75, 3.05) is 23.8 Å². The predicted molar refractivity (Wildman–Crippen MR) is 120 cm³/mol. The highest BCUT2D eigenvalue weighted by atomic mass is 35.5. The van der Waals surface area contributed by atoms with Gasteiger partial charge >= 0.3 is 6.18 Å². The Morgan fingerprint density at radius 3 is 2.59 bits per heavy atom. The Morgan fingerprint density at radius 1 is 1.12 bits per heavy atom. The summed E-state index contributed by atoms with van der Waals surface area (Å²) < 4.78 is 39.0. The van der Waals surface area contributed by atoms with Crippen LogP contribution >= 0.6 is 34.5 Å². The first-order valence-electron chi connectivity index (χ1n) is 9.36. The van der Waals surface area contributed by atoms with E-state index < -0.39 is 28.6 Å². The SMILES string of the molecule is O=C(Nc1ccc(Cl)c(C(F)(F)F)c1)c1cnc(CNC(=O)c2ncnc(NCCO)c2Cl)s1. The molecule has 180 valence electrons. The summed E-state index contributed by atoms with van der Waals surface area (Å²) in [5, 5.41) is 16.4. The average molecular weight is 535 g/mol. The maximum absolute atomic E-state index is 13.0. The van der Waals surface area contributed by atoms with Crippen LogP contribution in [0.3, 0.4) is 0 Å². The second kappa shape index (κ2) is 11.0. The van der Waals surface area contributed by atoms with Crippen molar-refractivity contribution in [3.63, 3.8) is 0 Å². The quantitative estimate of drug-likeness (QED) is 0.345. The third-order valence-corrected chi connectivity index (χ3v) is 5.80. The minimum Gasteiger partial charge on any atom is -0.395 e. The third kappa shape index (κ3) is 6.32. The molecule has 4 N–H and O–H groups in total. The van der Waals surface area contributed by atoms with Crippen LogP contribution in [0.25, 0.3) is 0 Å². The van der Waals surface area contributed by atoms with E-state index in [2.05, 4.69) is 30.9 Å². The number of rotatable bonds is 8. The van der Waals surface area contributed by atoms with Gasteiger partial charge in [0.25, 0.3) is 11.8 Å². The summed E-state index contributed by atoms with van der Waals surface area (Å²) >= 11 is 12.6. The van der Waals surface area contributed by atoms with Crippen molar-refractivity contribution in [2.24, 2.45) is 0 Å². The fourth-order valence-corrected chi connectivity index (χ4v) is 3.80. The predicted octanol–water partition coefficient (Wildman–Crippen LogP) is 3.85. The molecule has 3 aromatic rings. The van der Waals surface area contributed by atoms with Crippen molar-refractivity contribution in [3.05, 3.63) is 61.9 Å². The zero-order chi connectivity index (χ0) is 24.9. The molecular weight excluding hydrogens is 520 g/mol. The van der Waals surface area contributed by atoms with Crippen molar-refractivity contribution in [1.82, 2.24) is 20.3 Å². The van der Waals surface area contributed by atoms with Gasteiger partial charge < -0.3 is 21.1 Å². The molecule has 2 amide bonds. The van der Waals surface area contributed by atoms with Gasteiger partial charge in [-0.15, -0.1) is 11.3 Å². The standard InChI is InChI=1S/C19H15Cl2F3N6O3S/c20-11-2-1-9(5-10(11)19(22,23)24)30-17(32)12-6-26-13(34-12)7-27-18(33)15-14(21)16(25-3-4-31)29-8-28-15/h1-2,5-6,8,31H,3-4,7H2,(H,27,33)(H,30,32)(H,25,28,29). The van der Waals surface area contributed by atoms with Gasteiger partial charge in [0.1, 0.15) is 27.1 Å². The molecule has 0 aliphatic heterocycles. The first-order chi connectivity index (χ1) is 16.1. The Kier molecular flexibility index (Phi) is 8.25. The van der Waals surface area contributed by atoms with Gasteiger partial charge in [-0.3, -0.25) is 9.59 Å². The molecule has 9 nitrogen and oxygen atoms in total. The molecule has 1 aromatic carbocycles. The second-order valence-electron chi connectivity index (χ2n) is 6.48. The topological polar surface area (TPSA) is 129 Å². The number of aromatic nitrogens is 3. The van der Waals surface area contributed by atoms with Gasteiger partial charge in [-0.05, 0) is 18.2 Å². The average Bonchev–Trinajstić information content (AvgIpc) is 3.26. The Balaban J connectivity index is 1.63. The largest absolute Gasteiger partial charge is 0.417 e. The minimum atomic E-state index is -4.67. The number of benzene rings is 1. The van der Waals surface area contributed by atoms with Gasteiger partial charge in [-0.25, -0.2) is 15.0 Å². The van der Waals surface area contributed by atoms with Crippen LogP contribution < -0.4 is 16.0 Å². The van der Waals surface area contributed by atoms with Crippen molar-refractivity contribution >= 4 is 57.9 Å². The number of hydrogen-bond donors (Lipinski definition) is 4. The van der Waals surface area contributed by atoms with Crippen LogP contribution in [-0.4, -0.2) is 45.0 Å². The van der Waals surface area contributed by atoms with Gasteiger partial charge in [0, 0.05) is 12.2 Å². The molecule has 15 heteroatoms. The van der Waals surface area contributed by atoms with Crippen molar-refractivity contribution in [1.29, 1.82) is 0 Å². The van der Waals surface area contributed by atoms with Gasteiger partial charge in [-0.1, -0.05) is 23.2 Å². The first-order valence-corrected chi connectivity index (χ1v) is 10.9. The van der Waals surface area contributed by atoms with E-state index in [1.54, 1.807) is 0 Å². The highest BCUT2D eigenvalue weighted by Crippen LogP contribution is 2.36. The molecule has 34 heavy (non-hydrogen) atoms. The van der Waals surface area contributed by atoms with Crippen LogP contribution in [-0.2, 0) is 12.7 Å². The molecule has 0 saturated carbocycles. The maximum Gasteiger partial charge on any atom is 0.417 e. The number of aliphatic hydroxyl groups is 1. The molecule has 2 heterocycles. The van der Waals surface area contributed by atoms with Crippen LogP contribution in [0, 0.1) is 0 Å². The number of thiazole rings is 1. The lowest BCUT2D eigenvalue weighted by molar-refractivity contribution is -0.137. The maximum atomic E-state index is 13.0. The highest BCUT2D eigenvalue weighted by molar-refractivity contribution is 7.13. The zero-order valence-electron chi connectivity index (χ0n) is 16.9. The number of nitrogens with one attached hydrogen (secondary N) is 3. The summed E-state index contributed by atoms with van der Waals surface area (Å²) in [5.74, 6) is -1.12. The molecule has 0 saturated heterocycles. The van der Waals surface area contributed by atoms with Crippen LogP contribution in [0.4, 0.5) is 24.7 Å². The third-order valence-electron chi connectivity index (χ3n) is 4.12. The summed E-state index contributed by atoms with van der Waals surface area (Å²) in [6, 6.07) is 3.01. The van der Waals surface area contributed by atoms with Crippen LogP contribution in [0.15, 0.2) is 30.7 Å². The van der Waals surface area contributed by atoms with Gasteiger partial charge in [0.2, 0.25) is 0 Å². The van der Waals surface area contributed by atoms with E-state index in [9.17, 15) is 22.8 Å². The molecule has 0 atom stereocenters. The molecule has 0 bridgehead atoms. The van der Waals surface area contributed by atoms with Crippen LogP contribution in [0.5, 0.6) is 0 Å². The number of hydrogen-bond acceptors (Lipinski definition) is 8. The number of amides is 2. The van der Waals surface area contributed by atoms with E-state index in [-0.39, 0.29) is 46.8 Å². The smallest absolute Gasteiger partial charge is 0.395 e. The Morgan fingerprint density at radius 2 is 1.88 bits per heavy atom. The molecule has 2 aromatic heterocycles. The van der Waals surface area contributed by atoms with Crippen LogP contribution in [0.2, 0.25) is 10.0 Å². The number of carbonyl (C=O) groups excluding carboxylic acids is 2. The Hall–Kier alpha value is -3.00. The van der Waals surface area contributed by atoms with Gasteiger partial charge in [-0.2, -0.15) is 13.2 Å². The van der Waals surface area contributed by atoms with Gasteiger partial charge in [0.15, 0.2) is 5.69 Å². The molecule has 3 rings (SSSR count). The lowest BCUT2D eigenvalue weighted by Gasteiger charge is -2.11. The number of anilines is 2. The fourth-order valence-electron chi connectivity index (χ4n) is 2.58. The monoisotopic (exact) mass is 534 g/mol. The van der Waals surface area contributed by atoms with E-state index in [0.29, 0.717) is 5.01 Å². The normalized spacial score (nSPS) is 11.2. The molecule has 0 fully saturated rings. The van der Waals surface area contributed by atoms with E-state index in [1.807, 2.05) is 0 Å². The van der Waals surface area contributed by atoms with Crippen molar-refractivity contribution in [3.8, 4) is 0 Å². The van der Waals surface area contributed by atoms with E-state index in [4.69, 9.17) is 28.3 Å². The lowest BCUT2D eigenvalue weighted by atomic mass is 10.2. The summed E-state index contributed by atoms with van der Waals surface area (Å²) in [5.41, 5.74) is -1.26. The van der Waals surface area contributed by atoms with E-state index >= 15 is 0 Å².